The predicted molar refractivity (Wildman–Crippen MR) is 64.3 cm³/mol. The van der Waals surface area contributed by atoms with Gasteiger partial charge in [-0.1, -0.05) is 19.8 Å². The Hall–Kier alpha value is -0.770. The van der Waals surface area contributed by atoms with E-state index in [2.05, 4.69) is 10.6 Å². The van der Waals surface area contributed by atoms with E-state index < -0.39 is 6.10 Å². The summed E-state index contributed by atoms with van der Waals surface area (Å²) in [6.45, 7) is 4.41. The normalized spacial score (nSPS) is 19.7. The number of urea groups is 1. The van der Waals surface area contributed by atoms with Crippen LogP contribution in [0.5, 0.6) is 0 Å². The van der Waals surface area contributed by atoms with Crippen LogP contribution in [0.1, 0.15) is 46.0 Å². The van der Waals surface area contributed by atoms with Crippen LogP contribution >= 0.6 is 0 Å². The molecule has 1 aliphatic carbocycles. The van der Waals surface area contributed by atoms with E-state index >= 15 is 0 Å². The largest absolute Gasteiger partial charge is 0.391 e. The van der Waals surface area contributed by atoms with Crippen LogP contribution in [0.25, 0.3) is 0 Å². The highest BCUT2D eigenvalue weighted by molar-refractivity contribution is 5.74. The Morgan fingerprint density at radius 1 is 1.50 bits per heavy atom. The highest BCUT2D eigenvalue weighted by atomic mass is 16.3. The minimum absolute atomic E-state index is 0.158. The lowest BCUT2D eigenvalue weighted by Crippen LogP contribution is -2.47. The van der Waals surface area contributed by atoms with Crippen LogP contribution in [0.4, 0.5) is 4.79 Å². The lowest BCUT2D eigenvalue weighted by atomic mass is 9.80. The number of carbonyl (C=O) groups is 1. The Morgan fingerprint density at radius 2 is 2.19 bits per heavy atom. The highest BCUT2D eigenvalue weighted by Gasteiger charge is 2.24. The maximum atomic E-state index is 11.5. The van der Waals surface area contributed by atoms with Gasteiger partial charge in [0.1, 0.15) is 0 Å². The zero-order chi connectivity index (χ0) is 12.0. The van der Waals surface area contributed by atoms with Crippen molar-refractivity contribution in [2.45, 2.75) is 58.1 Å². The number of carbonyl (C=O) groups excluding carboxylic acids is 1. The Morgan fingerprint density at radius 3 is 2.69 bits per heavy atom. The van der Waals surface area contributed by atoms with Crippen molar-refractivity contribution in [3.8, 4) is 0 Å². The Labute approximate surface area is 97.8 Å². The molecule has 4 nitrogen and oxygen atoms in total. The summed E-state index contributed by atoms with van der Waals surface area (Å²) in [6, 6.07) is 0.0895. The first-order valence-corrected chi connectivity index (χ1v) is 6.36. The molecule has 3 N–H and O–H groups in total. The molecule has 0 aromatic carbocycles. The van der Waals surface area contributed by atoms with Gasteiger partial charge in [-0.3, -0.25) is 0 Å². The molecule has 1 fully saturated rings. The van der Waals surface area contributed by atoms with Crippen LogP contribution in [-0.2, 0) is 0 Å². The van der Waals surface area contributed by atoms with Gasteiger partial charge in [-0.15, -0.1) is 0 Å². The quantitative estimate of drug-likeness (QED) is 0.647. The van der Waals surface area contributed by atoms with E-state index in [9.17, 15) is 9.90 Å². The van der Waals surface area contributed by atoms with Crippen LogP contribution in [0, 0.1) is 5.92 Å². The molecule has 94 valence electrons. The van der Waals surface area contributed by atoms with Crippen LogP contribution in [-0.4, -0.2) is 29.8 Å². The smallest absolute Gasteiger partial charge is 0.315 e. The summed E-state index contributed by atoms with van der Waals surface area (Å²) in [4.78, 5) is 11.5. The molecule has 4 heteroatoms. The average molecular weight is 228 g/mol. The fourth-order valence-electron chi connectivity index (χ4n) is 1.96. The lowest BCUT2D eigenvalue weighted by molar-refractivity contribution is 0.158. The number of rotatable bonds is 6. The molecule has 0 aliphatic heterocycles. The average Bonchev–Trinajstić information content (AvgIpc) is 2.12. The summed E-state index contributed by atoms with van der Waals surface area (Å²) in [5.41, 5.74) is 0. The van der Waals surface area contributed by atoms with Crippen molar-refractivity contribution < 1.29 is 9.90 Å². The molecular formula is C12H24N2O2. The van der Waals surface area contributed by atoms with Crippen molar-refractivity contribution in [3.63, 3.8) is 0 Å². The molecule has 0 bridgehead atoms. The summed E-state index contributed by atoms with van der Waals surface area (Å²) < 4.78 is 0. The molecule has 2 amide bonds. The first kappa shape index (κ1) is 13.3. The highest BCUT2D eigenvalue weighted by Crippen LogP contribution is 2.29. The van der Waals surface area contributed by atoms with E-state index in [0.717, 1.165) is 12.8 Å². The van der Waals surface area contributed by atoms with E-state index in [1.54, 1.807) is 0 Å². The molecule has 0 saturated heterocycles. The minimum Gasteiger partial charge on any atom is -0.391 e. The molecule has 2 atom stereocenters. The van der Waals surface area contributed by atoms with Gasteiger partial charge in [0, 0.05) is 12.6 Å². The first-order chi connectivity index (χ1) is 7.63. The van der Waals surface area contributed by atoms with Crippen LogP contribution in [0.2, 0.25) is 0 Å². The van der Waals surface area contributed by atoms with Crippen LogP contribution < -0.4 is 10.6 Å². The molecule has 2 unspecified atom stereocenters. The van der Waals surface area contributed by atoms with E-state index in [1.807, 2.05) is 13.8 Å². The van der Waals surface area contributed by atoms with E-state index in [0.29, 0.717) is 12.5 Å². The van der Waals surface area contributed by atoms with Crippen LogP contribution in [0.3, 0.4) is 0 Å². The molecule has 1 saturated carbocycles. The van der Waals surface area contributed by atoms with Gasteiger partial charge >= 0.3 is 6.03 Å². The van der Waals surface area contributed by atoms with Crippen molar-refractivity contribution >= 4 is 6.03 Å². The lowest BCUT2D eigenvalue weighted by Gasteiger charge is -2.31. The summed E-state index contributed by atoms with van der Waals surface area (Å²) in [5, 5.41) is 15.1. The third-order valence-corrected chi connectivity index (χ3v) is 3.34. The molecule has 16 heavy (non-hydrogen) atoms. The molecule has 0 radical (unpaired) electrons. The fourth-order valence-corrected chi connectivity index (χ4v) is 1.96. The number of aliphatic hydroxyl groups is 1. The van der Waals surface area contributed by atoms with Crippen LogP contribution in [0.15, 0.2) is 0 Å². The molecule has 0 spiro atoms. The number of hydrogen-bond donors (Lipinski definition) is 3. The van der Waals surface area contributed by atoms with Crippen molar-refractivity contribution in [2.75, 3.05) is 6.54 Å². The van der Waals surface area contributed by atoms with Crippen molar-refractivity contribution in [3.05, 3.63) is 0 Å². The zero-order valence-corrected chi connectivity index (χ0v) is 10.3. The number of amides is 2. The molecule has 0 aromatic rings. The van der Waals surface area contributed by atoms with Gasteiger partial charge in [0.05, 0.1) is 6.10 Å². The van der Waals surface area contributed by atoms with Gasteiger partial charge in [0.2, 0.25) is 0 Å². The second kappa shape index (κ2) is 6.74. The first-order valence-electron chi connectivity index (χ1n) is 6.36. The van der Waals surface area contributed by atoms with E-state index in [4.69, 9.17) is 0 Å². The molecular weight excluding hydrogens is 204 g/mol. The standard InChI is InChI=1S/C12H24N2O2/c1-3-5-11(15)8-13-12(16)14-9(2)10-6-4-7-10/h9-11,15H,3-8H2,1-2H3,(H2,13,14,16). The maximum absolute atomic E-state index is 11.5. The van der Waals surface area contributed by atoms with E-state index in [1.165, 1.54) is 19.3 Å². The SMILES string of the molecule is CCCC(O)CNC(=O)NC(C)C1CCC1. The second-order valence-corrected chi connectivity index (χ2v) is 4.78. The van der Waals surface area contributed by atoms with Gasteiger partial charge in [-0.25, -0.2) is 4.79 Å². The van der Waals surface area contributed by atoms with Gasteiger partial charge in [-0.05, 0) is 32.1 Å². The number of hydrogen-bond acceptors (Lipinski definition) is 2. The zero-order valence-electron chi connectivity index (χ0n) is 10.3. The third-order valence-electron chi connectivity index (χ3n) is 3.34. The van der Waals surface area contributed by atoms with Gasteiger partial charge in [-0.2, -0.15) is 0 Å². The second-order valence-electron chi connectivity index (χ2n) is 4.78. The number of nitrogens with one attached hydrogen (secondary N) is 2. The van der Waals surface area contributed by atoms with Crippen molar-refractivity contribution in [2.24, 2.45) is 5.92 Å². The molecule has 1 aliphatic rings. The molecule has 0 aromatic heterocycles. The monoisotopic (exact) mass is 228 g/mol. The summed E-state index contributed by atoms with van der Waals surface area (Å²) in [7, 11) is 0. The maximum Gasteiger partial charge on any atom is 0.315 e. The third kappa shape index (κ3) is 4.39. The summed E-state index contributed by atoms with van der Waals surface area (Å²) in [5.74, 6) is 0.645. The van der Waals surface area contributed by atoms with Crippen molar-refractivity contribution in [1.29, 1.82) is 0 Å². The topological polar surface area (TPSA) is 61.4 Å². The molecule has 1 rings (SSSR count). The Balaban J connectivity index is 2.09. The summed E-state index contributed by atoms with van der Waals surface area (Å²) in [6.07, 6.45) is 4.98. The fraction of sp³-hybridized carbons (Fsp3) is 0.917. The Bertz CT molecular complexity index is 217. The summed E-state index contributed by atoms with van der Waals surface area (Å²) >= 11 is 0. The van der Waals surface area contributed by atoms with Gasteiger partial charge in [0.25, 0.3) is 0 Å². The van der Waals surface area contributed by atoms with Gasteiger partial charge < -0.3 is 15.7 Å². The Kier molecular flexibility index (Phi) is 5.60. The van der Waals surface area contributed by atoms with Gasteiger partial charge in [0.15, 0.2) is 0 Å². The minimum atomic E-state index is -0.422. The van der Waals surface area contributed by atoms with Crippen molar-refractivity contribution in [1.82, 2.24) is 10.6 Å². The predicted octanol–water partition coefficient (Wildman–Crippen LogP) is 1.64. The molecule has 0 heterocycles. The van der Waals surface area contributed by atoms with E-state index in [-0.39, 0.29) is 12.1 Å². The number of aliphatic hydroxyl groups excluding tert-OH is 1.